The number of unbranched alkanes of at least 4 members (excludes halogenated alkanes) is 1. The summed E-state index contributed by atoms with van der Waals surface area (Å²) in [4.78, 5) is 2.74. The van der Waals surface area contributed by atoms with Crippen molar-refractivity contribution in [3.05, 3.63) is 0 Å². The molecule has 0 aromatic heterocycles. The molecule has 2 rings (SSSR count). The molecule has 2 heteroatoms. The van der Waals surface area contributed by atoms with Gasteiger partial charge in [0.15, 0.2) is 0 Å². The normalized spacial score (nSPS) is 32.2. The SMILES string of the molecule is CCCCN(C1CC1)C1CCCCC1N. The predicted octanol–water partition coefficient (Wildman–Crippen LogP) is 2.52. The highest BCUT2D eigenvalue weighted by molar-refractivity contribution is 4.94. The highest BCUT2D eigenvalue weighted by atomic mass is 15.2. The molecule has 0 aliphatic heterocycles. The first-order chi connectivity index (χ1) is 7.33. The zero-order valence-corrected chi connectivity index (χ0v) is 10.1. The van der Waals surface area contributed by atoms with Gasteiger partial charge in [-0.15, -0.1) is 0 Å². The number of hydrogen-bond donors (Lipinski definition) is 1. The molecular formula is C13H26N2. The molecule has 0 radical (unpaired) electrons. The average Bonchev–Trinajstić information content (AvgIpc) is 3.05. The summed E-state index contributed by atoms with van der Waals surface area (Å²) >= 11 is 0. The Morgan fingerprint density at radius 1 is 1.13 bits per heavy atom. The molecule has 0 aromatic rings. The van der Waals surface area contributed by atoms with E-state index in [4.69, 9.17) is 5.73 Å². The largest absolute Gasteiger partial charge is 0.326 e. The van der Waals surface area contributed by atoms with Crippen molar-refractivity contribution in [2.75, 3.05) is 6.54 Å². The molecule has 88 valence electrons. The molecule has 15 heavy (non-hydrogen) atoms. The van der Waals surface area contributed by atoms with Crippen molar-refractivity contribution in [1.29, 1.82) is 0 Å². The van der Waals surface area contributed by atoms with Gasteiger partial charge < -0.3 is 5.73 Å². The van der Waals surface area contributed by atoms with E-state index in [2.05, 4.69) is 11.8 Å². The average molecular weight is 210 g/mol. The summed E-state index contributed by atoms with van der Waals surface area (Å²) in [6.45, 7) is 3.57. The van der Waals surface area contributed by atoms with Gasteiger partial charge in [-0.25, -0.2) is 0 Å². The van der Waals surface area contributed by atoms with Crippen LogP contribution in [0.1, 0.15) is 58.3 Å². The van der Waals surface area contributed by atoms with E-state index in [0.29, 0.717) is 12.1 Å². The van der Waals surface area contributed by atoms with E-state index in [0.717, 1.165) is 6.04 Å². The molecule has 2 nitrogen and oxygen atoms in total. The maximum atomic E-state index is 6.28. The van der Waals surface area contributed by atoms with E-state index < -0.39 is 0 Å². The molecule has 2 unspecified atom stereocenters. The van der Waals surface area contributed by atoms with Gasteiger partial charge in [0.25, 0.3) is 0 Å². The first-order valence-electron chi connectivity index (χ1n) is 6.84. The zero-order valence-electron chi connectivity index (χ0n) is 10.1. The van der Waals surface area contributed by atoms with Gasteiger partial charge in [0.1, 0.15) is 0 Å². The summed E-state index contributed by atoms with van der Waals surface area (Å²) in [7, 11) is 0. The quantitative estimate of drug-likeness (QED) is 0.755. The number of nitrogens with two attached hydrogens (primary N) is 1. The van der Waals surface area contributed by atoms with Crippen LogP contribution in [0.2, 0.25) is 0 Å². The van der Waals surface area contributed by atoms with Crippen molar-refractivity contribution in [3.8, 4) is 0 Å². The highest BCUT2D eigenvalue weighted by Gasteiger charge is 2.36. The first-order valence-corrected chi connectivity index (χ1v) is 6.84. The molecule has 2 atom stereocenters. The Labute approximate surface area is 94.2 Å². The van der Waals surface area contributed by atoms with E-state index >= 15 is 0 Å². The zero-order chi connectivity index (χ0) is 10.7. The van der Waals surface area contributed by atoms with Crippen LogP contribution in [0.5, 0.6) is 0 Å². The van der Waals surface area contributed by atoms with Gasteiger partial charge >= 0.3 is 0 Å². The van der Waals surface area contributed by atoms with Crippen molar-refractivity contribution in [2.24, 2.45) is 5.73 Å². The standard InChI is InChI=1S/C13H26N2/c1-2-3-10-15(11-8-9-11)13-7-5-4-6-12(13)14/h11-13H,2-10,14H2,1H3. The van der Waals surface area contributed by atoms with Crippen LogP contribution in [0.25, 0.3) is 0 Å². The van der Waals surface area contributed by atoms with Crippen LogP contribution in [0.3, 0.4) is 0 Å². The molecule has 0 saturated heterocycles. The summed E-state index contributed by atoms with van der Waals surface area (Å²) in [6, 6.07) is 2.06. The summed E-state index contributed by atoms with van der Waals surface area (Å²) < 4.78 is 0. The highest BCUT2D eigenvalue weighted by Crippen LogP contribution is 2.33. The van der Waals surface area contributed by atoms with Crippen LogP contribution in [0.4, 0.5) is 0 Å². The van der Waals surface area contributed by atoms with Crippen molar-refractivity contribution >= 4 is 0 Å². The molecule has 2 N–H and O–H groups in total. The molecule has 0 amide bonds. The van der Waals surface area contributed by atoms with Crippen molar-refractivity contribution in [2.45, 2.75) is 76.4 Å². The smallest absolute Gasteiger partial charge is 0.0250 e. The Morgan fingerprint density at radius 3 is 2.47 bits per heavy atom. The molecular weight excluding hydrogens is 184 g/mol. The van der Waals surface area contributed by atoms with Crippen molar-refractivity contribution < 1.29 is 0 Å². The van der Waals surface area contributed by atoms with Crippen LogP contribution < -0.4 is 5.73 Å². The fraction of sp³-hybridized carbons (Fsp3) is 1.00. The maximum Gasteiger partial charge on any atom is 0.0250 e. The molecule has 2 fully saturated rings. The van der Waals surface area contributed by atoms with E-state index in [9.17, 15) is 0 Å². The monoisotopic (exact) mass is 210 g/mol. The molecule has 2 aliphatic carbocycles. The fourth-order valence-corrected chi connectivity index (χ4v) is 2.92. The molecule has 2 saturated carbocycles. The number of nitrogens with zero attached hydrogens (tertiary/aromatic N) is 1. The lowest BCUT2D eigenvalue weighted by Crippen LogP contribution is -2.50. The van der Waals surface area contributed by atoms with Gasteiger partial charge in [0.05, 0.1) is 0 Å². The van der Waals surface area contributed by atoms with Crippen LogP contribution in [-0.4, -0.2) is 29.6 Å². The lowest BCUT2D eigenvalue weighted by molar-refractivity contribution is 0.127. The Kier molecular flexibility index (Phi) is 4.04. The summed E-state index contributed by atoms with van der Waals surface area (Å²) in [5.41, 5.74) is 6.28. The number of rotatable bonds is 5. The van der Waals surface area contributed by atoms with Gasteiger partial charge in [-0.3, -0.25) is 4.90 Å². The van der Waals surface area contributed by atoms with Gasteiger partial charge in [0, 0.05) is 18.1 Å². The third-order valence-electron chi connectivity index (χ3n) is 3.99. The lowest BCUT2D eigenvalue weighted by Gasteiger charge is -2.38. The van der Waals surface area contributed by atoms with E-state index in [1.807, 2.05) is 0 Å². The van der Waals surface area contributed by atoms with Gasteiger partial charge in [-0.05, 0) is 38.6 Å². The predicted molar refractivity (Wildman–Crippen MR) is 64.9 cm³/mol. The molecule has 0 aromatic carbocycles. The molecule has 0 bridgehead atoms. The second kappa shape index (κ2) is 5.31. The minimum absolute atomic E-state index is 0.455. The van der Waals surface area contributed by atoms with E-state index in [1.165, 1.54) is 57.9 Å². The Balaban J connectivity index is 1.89. The fourth-order valence-electron chi connectivity index (χ4n) is 2.92. The van der Waals surface area contributed by atoms with Crippen LogP contribution in [-0.2, 0) is 0 Å². The van der Waals surface area contributed by atoms with Crippen LogP contribution >= 0.6 is 0 Å². The van der Waals surface area contributed by atoms with Crippen LogP contribution in [0.15, 0.2) is 0 Å². The summed E-state index contributed by atoms with van der Waals surface area (Å²) in [6.07, 6.45) is 10.9. The Morgan fingerprint density at radius 2 is 1.87 bits per heavy atom. The van der Waals surface area contributed by atoms with Crippen molar-refractivity contribution in [1.82, 2.24) is 4.90 Å². The van der Waals surface area contributed by atoms with E-state index in [-0.39, 0.29) is 0 Å². The third-order valence-corrected chi connectivity index (χ3v) is 3.99. The topological polar surface area (TPSA) is 29.3 Å². The van der Waals surface area contributed by atoms with Crippen molar-refractivity contribution in [3.63, 3.8) is 0 Å². The molecule has 0 spiro atoms. The Bertz CT molecular complexity index is 189. The van der Waals surface area contributed by atoms with Gasteiger partial charge in [-0.2, -0.15) is 0 Å². The molecule has 2 aliphatic rings. The maximum absolute atomic E-state index is 6.28. The minimum atomic E-state index is 0.455. The number of hydrogen-bond acceptors (Lipinski definition) is 2. The lowest BCUT2D eigenvalue weighted by atomic mass is 9.89. The Hall–Kier alpha value is -0.0800. The van der Waals surface area contributed by atoms with Crippen LogP contribution in [0, 0.1) is 0 Å². The first kappa shape index (κ1) is 11.4. The second-order valence-electron chi connectivity index (χ2n) is 5.34. The van der Waals surface area contributed by atoms with Gasteiger partial charge in [-0.1, -0.05) is 26.2 Å². The van der Waals surface area contributed by atoms with Gasteiger partial charge in [0.2, 0.25) is 0 Å². The summed E-state index contributed by atoms with van der Waals surface area (Å²) in [5, 5.41) is 0. The minimum Gasteiger partial charge on any atom is -0.326 e. The summed E-state index contributed by atoms with van der Waals surface area (Å²) in [5.74, 6) is 0. The van der Waals surface area contributed by atoms with E-state index in [1.54, 1.807) is 0 Å². The third kappa shape index (κ3) is 2.94. The molecule has 0 heterocycles. The second-order valence-corrected chi connectivity index (χ2v) is 5.34.